The Morgan fingerprint density at radius 3 is 1.96 bits per heavy atom. The number of rotatable bonds is 5. The molecule has 0 aliphatic heterocycles. The van der Waals surface area contributed by atoms with Gasteiger partial charge < -0.3 is 5.11 Å². The summed E-state index contributed by atoms with van der Waals surface area (Å²) in [5.74, 6) is -0.958. The molecular weight excluding hydrogens is 306 g/mol. The van der Waals surface area contributed by atoms with Crippen molar-refractivity contribution in [1.29, 1.82) is 0 Å². The Morgan fingerprint density at radius 2 is 1.43 bits per heavy atom. The number of hydrogen-bond acceptors (Lipinski definition) is 3. The van der Waals surface area contributed by atoms with Crippen molar-refractivity contribution in [1.82, 2.24) is 4.98 Å². The van der Waals surface area contributed by atoms with E-state index in [1.165, 1.54) is 11.8 Å². The molecule has 0 unspecified atom stereocenters. The van der Waals surface area contributed by atoms with Gasteiger partial charge in [0, 0.05) is 6.20 Å². The number of pyridine rings is 1. The maximum Gasteiger partial charge on any atom is 0.338 e. The second-order valence-electron chi connectivity index (χ2n) is 4.98. The molecule has 0 aliphatic rings. The number of benzene rings is 2. The highest BCUT2D eigenvalue weighted by molar-refractivity contribution is 7.99. The van der Waals surface area contributed by atoms with Crippen LogP contribution in [0, 0.1) is 0 Å². The van der Waals surface area contributed by atoms with Gasteiger partial charge in [-0.25, -0.2) is 9.78 Å². The van der Waals surface area contributed by atoms with E-state index < -0.39 is 5.97 Å². The lowest BCUT2D eigenvalue weighted by Crippen LogP contribution is -2.03. The van der Waals surface area contributed by atoms with Gasteiger partial charge in [0.05, 0.1) is 10.8 Å². The van der Waals surface area contributed by atoms with Crippen molar-refractivity contribution in [3.63, 3.8) is 0 Å². The van der Waals surface area contributed by atoms with Crippen LogP contribution in [0.4, 0.5) is 0 Å². The Morgan fingerprint density at radius 1 is 0.870 bits per heavy atom. The first-order valence-electron chi connectivity index (χ1n) is 7.20. The molecule has 0 bridgehead atoms. The largest absolute Gasteiger partial charge is 0.478 e. The number of carbonyl (C=O) groups is 1. The molecule has 114 valence electrons. The van der Waals surface area contributed by atoms with E-state index in [1.54, 1.807) is 18.3 Å². The van der Waals surface area contributed by atoms with Crippen molar-refractivity contribution >= 4 is 17.7 Å². The molecule has 1 heterocycles. The third-order valence-corrected chi connectivity index (χ3v) is 4.76. The van der Waals surface area contributed by atoms with Gasteiger partial charge in [0.15, 0.2) is 0 Å². The summed E-state index contributed by atoms with van der Waals surface area (Å²) in [4.78, 5) is 15.7. The van der Waals surface area contributed by atoms with E-state index in [4.69, 9.17) is 0 Å². The Kier molecular flexibility index (Phi) is 4.74. The van der Waals surface area contributed by atoms with Gasteiger partial charge in [-0.2, -0.15) is 0 Å². The summed E-state index contributed by atoms with van der Waals surface area (Å²) >= 11 is 1.46. The highest BCUT2D eigenvalue weighted by Crippen LogP contribution is 2.40. The van der Waals surface area contributed by atoms with Crippen LogP contribution in [-0.2, 0) is 0 Å². The molecule has 0 atom stereocenters. The van der Waals surface area contributed by atoms with Crippen LogP contribution < -0.4 is 0 Å². The first kappa shape index (κ1) is 15.3. The molecule has 0 amide bonds. The third-order valence-electron chi connectivity index (χ3n) is 3.44. The molecule has 0 spiro atoms. The van der Waals surface area contributed by atoms with Crippen LogP contribution in [0.1, 0.15) is 26.7 Å². The number of hydrogen-bond donors (Lipinski definition) is 1. The van der Waals surface area contributed by atoms with Crippen molar-refractivity contribution in [2.24, 2.45) is 0 Å². The minimum atomic E-state index is -0.958. The summed E-state index contributed by atoms with van der Waals surface area (Å²) in [5.41, 5.74) is 2.46. The molecule has 0 fully saturated rings. The van der Waals surface area contributed by atoms with E-state index in [0.29, 0.717) is 5.03 Å². The zero-order valence-corrected chi connectivity index (χ0v) is 13.1. The molecule has 2 aromatic carbocycles. The van der Waals surface area contributed by atoms with Gasteiger partial charge in [-0.15, -0.1) is 0 Å². The number of aromatic carboxylic acids is 1. The lowest BCUT2D eigenvalue weighted by atomic mass is 10.0. The molecule has 0 aliphatic carbocycles. The summed E-state index contributed by atoms with van der Waals surface area (Å²) < 4.78 is 0. The first-order chi connectivity index (χ1) is 11.3. The highest BCUT2D eigenvalue weighted by atomic mass is 32.2. The quantitative estimate of drug-likeness (QED) is 0.694. The number of carboxylic acids is 1. The van der Waals surface area contributed by atoms with E-state index in [0.717, 1.165) is 11.1 Å². The fourth-order valence-corrected chi connectivity index (χ4v) is 3.56. The van der Waals surface area contributed by atoms with Crippen molar-refractivity contribution in [3.8, 4) is 0 Å². The summed E-state index contributed by atoms with van der Waals surface area (Å²) in [7, 11) is 0. The summed E-state index contributed by atoms with van der Waals surface area (Å²) in [6.45, 7) is 0. The van der Waals surface area contributed by atoms with E-state index in [1.807, 2.05) is 60.7 Å². The predicted octanol–water partition coefficient (Wildman–Crippen LogP) is 4.66. The molecule has 1 aromatic heterocycles. The van der Waals surface area contributed by atoms with Gasteiger partial charge in [-0.05, 0) is 23.3 Å². The third kappa shape index (κ3) is 3.60. The minimum Gasteiger partial charge on any atom is -0.478 e. The average Bonchev–Trinajstić information content (AvgIpc) is 2.61. The Hall–Kier alpha value is -2.59. The van der Waals surface area contributed by atoms with Crippen LogP contribution in [0.25, 0.3) is 0 Å². The topological polar surface area (TPSA) is 50.2 Å². The Labute approximate surface area is 139 Å². The first-order valence-corrected chi connectivity index (χ1v) is 8.08. The van der Waals surface area contributed by atoms with Crippen molar-refractivity contribution in [2.75, 3.05) is 0 Å². The maximum atomic E-state index is 11.4. The predicted molar refractivity (Wildman–Crippen MR) is 91.8 cm³/mol. The van der Waals surface area contributed by atoms with Crippen LogP contribution in [-0.4, -0.2) is 16.1 Å². The van der Waals surface area contributed by atoms with Crippen LogP contribution in [0.2, 0.25) is 0 Å². The summed E-state index contributed by atoms with van der Waals surface area (Å²) in [5, 5.41) is 9.88. The van der Waals surface area contributed by atoms with Crippen LogP contribution >= 0.6 is 11.8 Å². The van der Waals surface area contributed by atoms with Gasteiger partial charge in [-0.3, -0.25) is 0 Å². The van der Waals surface area contributed by atoms with Crippen LogP contribution in [0.15, 0.2) is 84.0 Å². The number of nitrogens with zero attached hydrogens (tertiary/aromatic N) is 1. The van der Waals surface area contributed by atoms with E-state index in [2.05, 4.69) is 4.98 Å². The van der Waals surface area contributed by atoms with Crippen molar-refractivity contribution in [3.05, 3.63) is 95.7 Å². The van der Waals surface area contributed by atoms with E-state index in [-0.39, 0.29) is 10.8 Å². The maximum absolute atomic E-state index is 11.4. The van der Waals surface area contributed by atoms with Gasteiger partial charge in [0.2, 0.25) is 0 Å². The molecule has 3 nitrogen and oxygen atoms in total. The molecule has 1 N–H and O–H groups in total. The number of thioether (sulfide) groups is 1. The molecule has 4 heteroatoms. The Balaban J connectivity index is 2.02. The number of aromatic nitrogens is 1. The van der Waals surface area contributed by atoms with Crippen LogP contribution in [0.5, 0.6) is 0 Å². The zero-order chi connectivity index (χ0) is 16.1. The molecule has 0 saturated heterocycles. The molecule has 23 heavy (non-hydrogen) atoms. The molecule has 3 aromatic rings. The molecular formula is C19H15NO2S. The highest BCUT2D eigenvalue weighted by Gasteiger charge is 2.20. The smallest absolute Gasteiger partial charge is 0.338 e. The van der Waals surface area contributed by atoms with Crippen molar-refractivity contribution < 1.29 is 9.90 Å². The second kappa shape index (κ2) is 7.11. The van der Waals surface area contributed by atoms with Gasteiger partial charge >= 0.3 is 5.97 Å². The summed E-state index contributed by atoms with van der Waals surface area (Å²) in [6.07, 6.45) is 1.63. The zero-order valence-electron chi connectivity index (χ0n) is 12.3. The second-order valence-corrected chi connectivity index (χ2v) is 6.07. The lowest BCUT2D eigenvalue weighted by molar-refractivity contribution is 0.0692. The standard InChI is InChI=1S/C19H15NO2S/c21-19(22)16-12-7-13-20-18(16)23-17(14-8-3-1-4-9-14)15-10-5-2-6-11-15/h1-13,17H,(H,21,22). The van der Waals surface area contributed by atoms with Crippen molar-refractivity contribution in [2.45, 2.75) is 10.3 Å². The van der Waals surface area contributed by atoms with Crippen LogP contribution in [0.3, 0.4) is 0 Å². The lowest BCUT2D eigenvalue weighted by Gasteiger charge is -2.18. The van der Waals surface area contributed by atoms with Gasteiger partial charge in [0.1, 0.15) is 5.03 Å². The van der Waals surface area contributed by atoms with E-state index in [9.17, 15) is 9.90 Å². The fraction of sp³-hybridized carbons (Fsp3) is 0.0526. The molecule has 0 radical (unpaired) electrons. The Bertz CT molecular complexity index is 751. The summed E-state index contributed by atoms with van der Waals surface area (Å²) in [6, 6.07) is 23.3. The molecule has 3 rings (SSSR count). The normalized spacial score (nSPS) is 10.7. The number of carboxylic acid groups (broad SMARTS) is 1. The van der Waals surface area contributed by atoms with Gasteiger partial charge in [0.25, 0.3) is 0 Å². The van der Waals surface area contributed by atoms with Gasteiger partial charge in [-0.1, -0.05) is 72.4 Å². The monoisotopic (exact) mass is 321 g/mol. The van der Waals surface area contributed by atoms with E-state index >= 15 is 0 Å². The SMILES string of the molecule is O=C(O)c1cccnc1SC(c1ccccc1)c1ccccc1. The average molecular weight is 321 g/mol. The minimum absolute atomic E-state index is 0.00889. The molecule has 0 saturated carbocycles. The fourth-order valence-electron chi connectivity index (χ4n) is 2.34.